The largest absolute Gasteiger partial charge is 0.349 e. The van der Waals surface area contributed by atoms with E-state index in [1.807, 2.05) is 6.92 Å². The fourth-order valence-corrected chi connectivity index (χ4v) is 1.84. The van der Waals surface area contributed by atoms with Crippen LogP contribution < -0.4 is 5.32 Å². The lowest BCUT2D eigenvalue weighted by Crippen LogP contribution is -2.32. The Morgan fingerprint density at radius 2 is 2.38 bits per heavy atom. The summed E-state index contributed by atoms with van der Waals surface area (Å²) in [4.78, 5) is 11.8. The van der Waals surface area contributed by atoms with E-state index in [4.69, 9.17) is 0 Å². The third kappa shape index (κ3) is 3.17. The lowest BCUT2D eigenvalue weighted by Gasteiger charge is -2.12. The monoisotopic (exact) mass is 285 g/mol. The van der Waals surface area contributed by atoms with Crippen LogP contribution in [0.1, 0.15) is 23.7 Å². The molecule has 1 rings (SSSR count). The van der Waals surface area contributed by atoms with Gasteiger partial charge < -0.3 is 5.32 Å². The Morgan fingerprint density at radius 1 is 1.69 bits per heavy atom. The first kappa shape index (κ1) is 12.9. The van der Waals surface area contributed by atoms with Crippen molar-refractivity contribution in [2.45, 2.75) is 19.4 Å². The van der Waals surface area contributed by atoms with E-state index in [1.54, 1.807) is 18.2 Å². The summed E-state index contributed by atoms with van der Waals surface area (Å²) in [5, 5.41) is 2.70. The van der Waals surface area contributed by atoms with Crippen LogP contribution in [0.15, 0.2) is 35.3 Å². The second-order valence-corrected chi connectivity index (χ2v) is 4.35. The molecule has 2 nitrogen and oxygen atoms in total. The Kier molecular flexibility index (Phi) is 4.68. The first-order valence-electron chi connectivity index (χ1n) is 4.92. The molecule has 86 valence electrons. The van der Waals surface area contributed by atoms with E-state index >= 15 is 0 Å². The Bertz CT molecular complexity index is 386. The van der Waals surface area contributed by atoms with Crippen LogP contribution in [-0.4, -0.2) is 11.9 Å². The van der Waals surface area contributed by atoms with Crippen LogP contribution in [0.25, 0.3) is 0 Å². The Hall–Kier alpha value is -1.16. The van der Waals surface area contributed by atoms with E-state index in [2.05, 4.69) is 27.8 Å². The molecule has 1 aromatic rings. The van der Waals surface area contributed by atoms with Crippen molar-refractivity contribution < 1.29 is 9.18 Å². The van der Waals surface area contributed by atoms with Crippen molar-refractivity contribution in [3.05, 3.63) is 46.7 Å². The summed E-state index contributed by atoms with van der Waals surface area (Å²) in [5.74, 6) is -0.947. The van der Waals surface area contributed by atoms with Crippen LogP contribution in [0.3, 0.4) is 0 Å². The number of hydrogen-bond donors (Lipinski definition) is 1. The highest BCUT2D eigenvalue weighted by atomic mass is 79.9. The normalized spacial score (nSPS) is 11.9. The lowest BCUT2D eigenvalue weighted by molar-refractivity contribution is 0.0935. The van der Waals surface area contributed by atoms with Gasteiger partial charge in [0, 0.05) is 10.5 Å². The van der Waals surface area contributed by atoms with Crippen LogP contribution in [0.2, 0.25) is 0 Å². The van der Waals surface area contributed by atoms with Crippen molar-refractivity contribution >= 4 is 21.8 Å². The average Bonchev–Trinajstić information content (AvgIpc) is 2.17. The standard InChI is InChI=1S/C12H13BrFNO/c1-3-5-8(2)15-12(16)11-9(13)6-4-7-10(11)14/h3-4,6-8H,1,5H2,2H3,(H,15,16). The number of halogens is 2. The number of carbonyl (C=O) groups excluding carboxylic acids is 1. The molecule has 0 saturated carbocycles. The van der Waals surface area contributed by atoms with Crippen molar-refractivity contribution in [3.8, 4) is 0 Å². The molecule has 0 heterocycles. The van der Waals surface area contributed by atoms with E-state index in [9.17, 15) is 9.18 Å². The van der Waals surface area contributed by atoms with Crippen molar-refractivity contribution in [3.63, 3.8) is 0 Å². The molecular formula is C12H13BrFNO. The summed E-state index contributed by atoms with van der Waals surface area (Å²) in [6.07, 6.45) is 2.36. The van der Waals surface area contributed by atoms with Gasteiger partial charge in [-0.05, 0) is 41.4 Å². The highest BCUT2D eigenvalue weighted by Gasteiger charge is 2.16. The van der Waals surface area contributed by atoms with Crippen LogP contribution in [0.5, 0.6) is 0 Å². The molecule has 0 bridgehead atoms. The molecule has 1 atom stereocenters. The first-order valence-corrected chi connectivity index (χ1v) is 5.71. The van der Waals surface area contributed by atoms with Crippen molar-refractivity contribution in [1.82, 2.24) is 5.32 Å². The maximum Gasteiger partial charge on any atom is 0.255 e. The maximum atomic E-state index is 13.4. The molecule has 0 aliphatic rings. The van der Waals surface area contributed by atoms with Gasteiger partial charge in [-0.1, -0.05) is 12.1 Å². The van der Waals surface area contributed by atoms with Gasteiger partial charge in [0.25, 0.3) is 5.91 Å². The van der Waals surface area contributed by atoms with Gasteiger partial charge in [0.2, 0.25) is 0 Å². The quantitative estimate of drug-likeness (QED) is 0.845. The van der Waals surface area contributed by atoms with Crippen LogP contribution in [0.4, 0.5) is 4.39 Å². The van der Waals surface area contributed by atoms with E-state index in [-0.39, 0.29) is 11.6 Å². The zero-order chi connectivity index (χ0) is 12.1. The Balaban J connectivity index is 2.84. The highest BCUT2D eigenvalue weighted by Crippen LogP contribution is 2.19. The highest BCUT2D eigenvalue weighted by molar-refractivity contribution is 9.10. The van der Waals surface area contributed by atoms with Crippen molar-refractivity contribution in [2.75, 3.05) is 0 Å². The summed E-state index contributed by atoms with van der Waals surface area (Å²) in [5.41, 5.74) is 0.0402. The molecule has 1 aromatic carbocycles. The van der Waals surface area contributed by atoms with Gasteiger partial charge in [-0.25, -0.2) is 4.39 Å². The molecule has 16 heavy (non-hydrogen) atoms. The smallest absolute Gasteiger partial charge is 0.255 e. The number of carbonyl (C=O) groups is 1. The predicted molar refractivity (Wildman–Crippen MR) is 65.8 cm³/mol. The molecule has 0 radical (unpaired) electrons. The molecule has 4 heteroatoms. The topological polar surface area (TPSA) is 29.1 Å². The zero-order valence-electron chi connectivity index (χ0n) is 8.97. The fourth-order valence-electron chi connectivity index (χ4n) is 1.32. The predicted octanol–water partition coefficient (Wildman–Crippen LogP) is 3.28. The molecule has 1 N–H and O–H groups in total. The molecule has 0 spiro atoms. The van der Waals surface area contributed by atoms with Crippen molar-refractivity contribution in [2.24, 2.45) is 0 Å². The fraction of sp³-hybridized carbons (Fsp3) is 0.250. The number of nitrogens with one attached hydrogen (secondary N) is 1. The number of amides is 1. The van der Waals surface area contributed by atoms with Gasteiger partial charge in [0.15, 0.2) is 0 Å². The second-order valence-electron chi connectivity index (χ2n) is 3.50. The summed E-state index contributed by atoms with van der Waals surface area (Å²) in [7, 11) is 0. The first-order chi connectivity index (χ1) is 7.56. The summed E-state index contributed by atoms with van der Waals surface area (Å²) >= 11 is 3.16. The Morgan fingerprint density at radius 3 is 2.94 bits per heavy atom. The molecule has 0 saturated heterocycles. The molecule has 0 aromatic heterocycles. The molecule has 0 aliphatic carbocycles. The molecular weight excluding hydrogens is 273 g/mol. The van der Waals surface area contributed by atoms with Gasteiger partial charge >= 0.3 is 0 Å². The van der Waals surface area contributed by atoms with E-state index in [1.165, 1.54) is 6.07 Å². The number of rotatable bonds is 4. The zero-order valence-corrected chi connectivity index (χ0v) is 10.6. The van der Waals surface area contributed by atoms with Crippen LogP contribution in [0, 0.1) is 5.82 Å². The molecule has 1 amide bonds. The van der Waals surface area contributed by atoms with E-state index in [0.717, 1.165) is 0 Å². The van der Waals surface area contributed by atoms with Gasteiger partial charge in [-0.3, -0.25) is 4.79 Å². The van der Waals surface area contributed by atoms with Gasteiger partial charge in [0.1, 0.15) is 5.82 Å². The summed E-state index contributed by atoms with van der Waals surface area (Å²) in [6.45, 7) is 5.42. The summed E-state index contributed by atoms with van der Waals surface area (Å²) < 4.78 is 13.9. The van der Waals surface area contributed by atoms with E-state index < -0.39 is 11.7 Å². The second kappa shape index (κ2) is 5.80. The molecule has 1 unspecified atom stereocenters. The van der Waals surface area contributed by atoms with Gasteiger partial charge in [-0.2, -0.15) is 0 Å². The SMILES string of the molecule is C=CCC(C)NC(=O)c1c(F)cccc1Br. The number of benzene rings is 1. The van der Waals surface area contributed by atoms with Gasteiger partial charge in [0.05, 0.1) is 5.56 Å². The minimum absolute atomic E-state index is 0.0402. The Labute approximate surface area is 103 Å². The van der Waals surface area contributed by atoms with Crippen LogP contribution in [-0.2, 0) is 0 Å². The minimum Gasteiger partial charge on any atom is -0.349 e. The molecule has 0 aliphatic heterocycles. The van der Waals surface area contributed by atoms with Crippen molar-refractivity contribution in [1.29, 1.82) is 0 Å². The summed E-state index contributed by atoms with van der Waals surface area (Å²) in [6, 6.07) is 4.38. The van der Waals surface area contributed by atoms with Gasteiger partial charge in [-0.15, -0.1) is 6.58 Å². The average molecular weight is 286 g/mol. The third-order valence-electron chi connectivity index (χ3n) is 2.09. The number of hydrogen-bond acceptors (Lipinski definition) is 1. The van der Waals surface area contributed by atoms with Crippen LogP contribution >= 0.6 is 15.9 Å². The third-order valence-corrected chi connectivity index (χ3v) is 2.75. The lowest BCUT2D eigenvalue weighted by atomic mass is 10.1. The molecule has 0 fully saturated rings. The minimum atomic E-state index is -0.530. The van der Waals surface area contributed by atoms with E-state index in [0.29, 0.717) is 10.9 Å². The maximum absolute atomic E-state index is 13.4.